The molecule has 3 aromatic rings. The van der Waals surface area contributed by atoms with Crippen LogP contribution >= 0.6 is 22.9 Å². The summed E-state index contributed by atoms with van der Waals surface area (Å²) in [7, 11) is 4.07. The lowest BCUT2D eigenvalue weighted by molar-refractivity contribution is 0.398. The third kappa shape index (κ3) is 4.78. The summed E-state index contributed by atoms with van der Waals surface area (Å²) in [6.07, 6.45) is 0.738. The van der Waals surface area contributed by atoms with E-state index in [4.69, 9.17) is 11.6 Å². The van der Waals surface area contributed by atoms with Crippen molar-refractivity contribution in [3.05, 3.63) is 63.0 Å². The van der Waals surface area contributed by atoms with Gasteiger partial charge in [-0.05, 0) is 45.6 Å². The van der Waals surface area contributed by atoms with Gasteiger partial charge in [-0.25, -0.2) is 15.0 Å². The normalized spacial score (nSPS) is 11.2. The first-order valence-electron chi connectivity index (χ1n) is 8.35. The van der Waals surface area contributed by atoms with Crippen molar-refractivity contribution in [2.24, 2.45) is 0 Å². The van der Waals surface area contributed by atoms with Gasteiger partial charge in [-0.2, -0.15) is 0 Å². The summed E-state index contributed by atoms with van der Waals surface area (Å²) in [6.45, 7) is 4.74. The highest BCUT2D eigenvalue weighted by Crippen LogP contribution is 2.26. The van der Waals surface area contributed by atoms with Gasteiger partial charge in [-0.1, -0.05) is 23.7 Å². The summed E-state index contributed by atoms with van der Waals surface area (Å²) in [6, 6.07) is 7.87. The smallest absolute Gasteiger partial charge is 0.188 e. The first kappa shape index (κ1) is 18.8. The number of aromatic nitrogens is 3. The number of rotatable bonds is 6. The van der Waals surface area contributed by atoms with E-state index in [-0.39, 0.29) is 0 Å². The molecule has 0 fully saturated rings. The molecule has 0 aliphatic rings. The van der Waals surface area contributed by atoms with E-state index in [1.807, 2.05) is 52.2 Å². The number of nitrogens with one attached hydrogen (secondary N) is 1. The summed E-state index contributed by atoms with van der Waals surface area (Å²) in [5, 5.41) is 7.04. The van der Waals surface area contributed by atoms with E-state index in [1.54, 1.807) is 11.3 Å². The van der Waals surface area contributed by atoms with E-state index < -0.39 is 0 Å². The second-order valence-corrected chi connectivity index (χ2v) is 7.79. The van der Waals surface area contributed by atoms with Gasteiger partial charge < -0.3 is 10.2 Å². The molecular weight excluding hydrogens is 366 g/mol. The molecule has 0 amide bonds. The molecule has 0 spiro atoms. The summed E-state index contributed by atoms with van der Waals surface area (Å²) >= 11 is 7.58. The highest BCUT2D eigenvalue weighted by Gasteiger charge is 2.13. The van der Waals surface area contributed by atoms with Gasteiger partial charge >= 0.3 is 0 Å². The molecule has 1 N–H and O–H groups in total. The molecule has 7 heteroatoms. The van der Waals surface area contributed by atoms with Gasteiger partial charge in [0.05, 0.1) is 5.69 Å². The van der Waals surface area contributed by atoms with Crippen molar-refractivity contribution >= 4 is 33.9 Å². The zero-order valence-corrected chi connectivity index (χ0v) is 16.9. The molecule has 0 aliphatic carbocycles. The molecule has 0 unspecified atom stereocenters. The van der Waals surface area contributed by atoms with Crippen LogP contribution in [-0.4, -0.2) is 33.9 Å². The number of aryl methyl sites for hydroxylation is 2. The van der Waals surface area contributed by atoms with Crippen LogP contribution in [0.4, 0.5) is 10.9 Å². The lowest BCUT2D eigenvalue weighted by Crippen LogP contribution is -2.11. The standard InChI is InChI=1S/C19H22ClN5S/c1-12-17(9-14-5-7-15(20)8-6-14)18(22-13(2)21-12)24-19-23-16(11-26-19)10-25(3)4/h5-8,11H,9-10H2,1-4H3,(H,21,22,23,24). The Morgan fingerprint density at radius 1 is 1.08 bits per heavy atom. The van der Waals surface area contributed by atoms with Crippen LogP contribution in [0.5, 0.6) is 0 Å². The van der Waals surface area contributed by atoms with Gasteiger partial charge in [-0.3, -0.25) is 0 Å². The molecule has 0 aliphatic heterocycles. The highest BCUT2D eigenvalue weighted by atomic mass is 35.5. The van der Waals surface area contributed by atoms with Crippen molar-refractivity contribution in [2.45, 2.75) is 26.8 Å². The van der Waals surface area contributed by atoms with Crippen molar-refractivity contribution in [3.63, 3.8) is 0 Å². The van der Waals surface area contributed by atoms with Crippen molar-refractivity contribution in [2.75, 3.05) is 19.4 Å². The minimum atomic E-state index is 0.736. The van der Waals surface area contributed by atoms with Crippen LogP contribution in [0.2, 0.25) is 5.02 Å². The molecule has 0 atom stereocenters. The molecular formula is C19H22ClN5S. The van der Waals surface area contributed by atoms with Crippen molar-refractivity contribution in [3.8, 4) is 0 Å². The minimum absolute atomic E-state index is 0.736. The Balaban J connectivity index is 1.88. The Kier molecular flexibility index (Phi) is 5.86. The first-order chi connectivity index (χ1) is 12.4. The number of hydrogen-bond donors (Lipinski definition) is 1. The fraction of sp³-hybridized carbons (Fsp3) is 0.316. The number of nitrogens with zero attached hydrogens (tertiary/aromatic N) is 4. The monoisotopic (exact) mass is 387 g/mol. The number of thiazole rings is 1. The third-order valence-corrected chi connectivity index (χ3v) is 4.93. The van der Waals surface area contributed by atoms with Gasteiger partial charge in [0.1, 0.15) is 11.6 Å². The van der Waals surface area contributed by atoms with Crippen LogP contribution in [0.25, 0.3) is 0 Å². The second-order valence-electron chi connectivity index (χ2n) is 6.49. The quantitative estimate of drug-likeness (QED) is 0.669. The summed E-state index contributed by atoms with van der Waals surface area (Å²) in [5.74, 6) is 1.56. The molecule has 0 saturated carbocycles. The lowest BCUT2D eigenvalue weighted by Gasteiger charge is -2.13. The molecule has 3 rings (SSSR count). The van der Waals surface area contributed by atoms with Crippen molar-refractivity contribution < 1.29 is 0 Å². The molecule has 0 bridgehead atoms. The number of hydrogen-bond acceptors (Lipinski definition) is 6. The summed E-state index contributed by atoms with van der Waals surface area (Å²) in [5.41, 5.74) is 4.26. The predicted molar refractivity (Wildman–Crippen MR) is 109 cm³/mol. The first-order valence-corrected chi connectivity index (χ1v) is 9.61. The number of benzene rings is 1. The third-order valence-electron chi connectivity index (χ3n) is 3.88. The highest BCUT2D eigenvalue weighted by molar-refractivity contribution is 7.13. The lowest BCUT2D eigenvalue weighted by atomic mass is 10.0. The number of halogens is 1. The maximum atomic E-state index is 6.00. The van der Waals surface area contributed by atoms with Gasteiger partial charge in [-0.15, -0.1) is 11.3 Å². The minimum Gasteiger partial charge on any atom is -0.316 e. The maximum absolute atomic E-state index is 6.00. The van der Waals surface area contributed by atoms with E-state index in [1.165, 1.54) is 5.56 Å². The van der Waals surface area contributed by atoms with Gasteiger partial charge in [0.2, 0.25) is 0 Å². The van der Waals surface area contributed by atoms with E-state index in [2.05, 4.69) is 30.5 Å². The fourth-order valence-electron chi connectivity index (χ4n) is 2.72. The largest absolute Gasteiger partial charge is 0.316 e. The van der Waals surface area contributed by atoms with E-state index in [9.17, 15) is 0 Å². The van der Waals surface area contributed by atoms with Crippen LogP contribution in [0.15, 0.2) is 29.6 Å². The topological polar surface area (TPSA) is 53.9 Å². The fourth-order valence-corrected chi connectivity index (χ4v) is 3.55. The Hall–Kier alpha value is -2.02. The van der Waals surface area contributed by atoms with Crippen LogP contribution < -0.4 is 5.32 Å². The van der Waals surface area contributed by atoms with Gasteiger partial charge in [0, 0.05) is 34.6 Å². The average molecular weight is 388 g/mol. The Bertz CT molecular complexity index is 889. The van der Waals surface area contributed by atoms with E-state index in [0.29, 0.717) is 0 Å². The van der Waals surface area contributed by atoms with Gasteiger partial charge in [0.25, 0.3) is 0 Å². The zero-order chi connectivity index (χ0) is 18.7. The average Bonchev–Trinajstić information content (AvgIpc) is 2.98. The molecule has 26 heavy (non-hydrogen) atoms. The van der Waals surface area contributed by atoms with Crippen LogP contribution in [0, 0.1) is 13.8 Å². The maximum Gasteiger partial charge on any atom is 0.188 e. The van der Waals surface area contributed by atoms with Gasteiger partial charge in [0.15, 0.2) is 5.13 Å². The van der Waals surface area contributed by atoms with Crippen LogP contribution in [-0.2, 0) is 13.0 Å². The van der Waals surface area contributed by atoms with Crippen LogP contribution in [0.1, 0.15) is 28.3 Å². The van der Waals surface area contributed by atoms with E-state index in [0.717, 1.165) is 51.7 Å². The Morgan fingerprint density at radius 3 is 2.50 bits per heavy atom. The molecule has 1 aromatic carbocycles. The Morgan fingerprint density at radius 2 is 1.81 bits per heavy atom. The predicted octanol–water partition coefficient (Wildman–Crippen LogP) is 4.60. The molecule has 2 heterocycles. The zero-order valence-electron chi connectivity index (χ0n) is 15.4. The summed E-state index contributed by atoms with van der Waals surface area (Å²) in [4.78, 5) is 15.9. The molecule has 5 nitrogen and oxygen atoms in total. The number of anilines is 2. The molecule has 0 radical (unpaired) electrons. The van der Waals surface area contributed by atoms with Crippen LogP contribution in [0.3, 0.4) is 0 Å². The van der Waals surface area contributed by atoms with Crippen molar-refractivity contribution in [1.82, 2.24) is 19.9 Å². The molecule has 0 saturated heterocycles. The SMILES string of the molecule is Cc1nc(C)c(Cc2ccc(Cl)cc2)c(Nc2nc(CN(C)C)cs2)n1. The summed E-state index contributed by atoms with van der Waals surface area (Å²) < 4.78 is 0. The van der Waals surface area contributed by atoms with Crippen molar-refractivity contribution in [1.29, 1.82) is 0 Å². The Labute approximate surface area is 163 Å². The molecule has 2 aromatic heterocycles. The second kappa shape index (κ2) is 8.12. The molecule has 136 valence electrons. The van der Waals surface area contributed by atoms with E-state index >= 15 is 0 Å².